The number of aromatic nitrogens is 1. The number of carboxylic acid groups (broad SMARTS) is 1. The van der Waals surface area contributed by atoms with Crippen molar-refractivity contribution in [2.24, 2.45) is 11.8 Å². The minimum atomic E-state index is -0.731. The topological polar surface area (TPSA) is 68.7 Å². The zero-order valence-electron chi connectivity index (χ0n) is 20.3. The number of carbonyl (C=O) groups is 1. The molecular formula is C29H30FNO4. The highest BCUT2D eigenvalue weighted by Gasteiger charge is 2.59. The minimum absolute atomic E-state index is 0.0623. The summed E-state index contributed by atoms with van der Waals surface area (Å²) in [7, 11) is 0. The number of rotatable bonds is 9. The summed E-state index contributed by atoms with van der Waals surface area (Å²) in [6.45, 7) is 6.84. The predicted molar refractivity (Wildman–Crippen MR) is 131 cm³/mol. The molecule has 3 aromatic rings. The molecule has 1 heterocycles. The van der Waals surface area contributed by atoms with Gasteiger partial charge in [0.2, 0.25) is 5.88 Å². The van der Waals surface area contributed by atoms with E-state index in [1.807, 2.05) is 44.2 Å². The lowest BCUT2D eigenvalue weighted by molar-refractivity contribution is -0.139. The molecule has 2 aliphatic rings. The van der Waals surface area contributed by atoms with Gasteiger partial charge in [0.05, 0.1) is 12.5 Å². The number of aryl methyl sites for hydroxylation is 2. The van der Waals surface area contributed by atoms with E-state index in [0.29, 0.717) is 18.1 Å². The van der Waals surface area contributed by atoms with Crippen LogP contribution < -0.4 is 9.47 Å². The van der Waals surface area contributed by atoms with Gasteiger partial charge in [0.25, 0.3) is 0 Å². The van der Waals surface area contributed by atoms with E-state index in [9.17, 15) is 14.3 Å². The van der Waals surface area contributed by atoms with Gasteiger partial charge in [-0.1, -0.05) is 19.4 Å². The molecule has 0 amide bonds. The second-order valence-electron chi connectivity index (χ2n) is 9.71. The van der Waals surface area contributed by atoms with Gasteiger partial charge in [-0.05, 0) is 90.3 Å². The maximum absolute atomic E-state index is 14.8. The Bertz CT molecular complexity index is 1290. The van der Waals surface area contributed by atoms with Crippen LogP contribution in [0.1, 0.15) is 53.5 Å². The lowest BCUT2D eigenvalue weighted by atomic mass is 9.94. The number of unbranched alkanes of at least 4 members (excludes halogenated alkanes) is 1. The van der Waals surface area contributed by atoms with Crippen LogP contribution in [0.2, 0.25) is 0 Å². The highest BCUT2D eigenvalue weighted by Crippen LogP contribution is 2.61. The Labute approximate surface area is 204 Å². The van der Waals surface area contributed by atoms with E-state index in [0.717, 1.165) is 58.4 Å². The Morgan fingerprint density at radius 2 is 1.91 bits per heavy atom. The molecule has 6 heteroatoms. The van der Waals surface area contributed by atoms with Gasteiger partial charge in [-0.2, -0.15) is 0 Å². The number of ether oxygens (including phenoxy) is 2. The van der Waals surface area contributed by atoms with Crippen molar-refractivity contribution in [3.05, 3.63) is 76.2 Å². The van der Waals surface area contributed by atoms with Gasteiger partial charge in [0, 0.05) is 23.7 Å². The first-order chi connectivity index (χ1) is 16.9. The lowest BCUT2D eigenvalue weighted by Crippen LogP contribution is -2.06. The fourth-order valence-electron chi connectivity index (χ4n) is 5.32. The van der Waals surface area contributed by atoms with E-state index in [-0.39, 0.29) is 30.2 Å². The van der Waals surface area contributed by atoms with Crippen LogP contribution in [0.3, 0.4) is 0 Å². The van der Waals surface area contributed by atoms with E-state index >= 15 is 0 Å². The molecule has 1 saturated carbocycles. The van der Waals surface area contributed by atoms with Gasteiger partial charge in [-0.25, -0.2) is 9.37 Å². The highest BCUT2D eigenvalue weighted by atomic mass is 19.1. The molecule has 1 N–H and O–H groups in total. The monoisotopic (exact) mass is 475 g/mol. The first-order valence-electron chi connectivity index (χ1n) is 12.2. The second kappa shape index (κ2) is 9.33. The van der Waals surface area contributed by atoms with Gasteiger partial charge in [-0.15, -0.1) is 0 Å². The van der Waals surface area contributed by atoms with Crippen molar-refractivity contribution in [2.75, 3.05) is 6.61 Å². The average Bonchev–Trinajstić information content (AvgIpc) is 3.42. The van der Waals surface area contributed by atoms with Crippen LogP contribution in [0.5, 0.6) is 11.6 Å². The van der Waals surface area contributed by atoms with Crippen LogP contribution in [0.25, 0.3) is 11.1 Å². The van der Waals surface area contributed by atoms with E-state index in [2.05, 4.69) is 11.9 Å². The Morgan fingerprint density at radius 1 is 1.11 bits per heavy atom. The number of halogens is 1. The number of carboxylic acids is 1. The smallest absolute Gasteiger partial charge is 0.307 e. The second-order valence-corrected chi connectivity index (χ2v) is 9.71. The van der Waals surface area contributed by atoms with Crippen LogP contribution in [-0.4, -0.2) is 22.7 Å². The van der Waals surface area contributed by atoms with E-state index < -0.39 is 5.97 Å². The number of nitrogens with zero attached hydrogens (tertiary/aromatic N) is 1. The molecule has 5 nitrogen and oxygen atoms in total. The van der Waals surface area contributed by atoms with E-state index in [4.69, 9.17) is 9.47 Å². The summed E-state index contributed by atoms with van der Waals surface area (Å²) in [5, 5.41) is 9.29. The summed E-state index contributed by atoms with van der Waals surface area (Å²) in [5.74, 6) is 0.203. The maximum Gasteiger partial charge on any atom is 0.307 e. The standard InChI is InChI=1S/C29H30FNO4/c1-4-5-8-34-20-6-7-21(16(2)9-20)22-12-19(25(30)10-17(22)3)15-35-26-13-18-11-23-27(24(18)14-31-26)28(23)29(32)33/h6-7,9-10,12-14,23,27-28H,4-5,8,11,15H2,1-3H3,(H,32,33)/t23-,27-,28+/m1/s1. The van der Waals surface area contributed by atoms with Crippen molar-refractivity contribution in [1.82, 2.24) is 4.98 Å². The first kappa shape index (κ1) is 23.3. The molecule has 35 heavy (non-hydrogen) atoms. The fraction of sp³-hybridized carbons (Fsp3) is 0.379. The molecule has 182 valence electrons. The summed E-state index contributed by atoms with van der Waals surface area (Å²) in [6.07, 6.45) is 4.56. The summed E-state index contributed by atoms with van der Waals surface area (Å²) < 4.78 is 26.5. The van der Waals surface area contributed by atoms with Gasteiger partial charge >= 0.3 is 5.97 Å². The minimum Gasteiger partial charge on any atom is -0.494 e. The molecule has 2 aromatic carbocycles. The van der Waals surface area contributed by atoms with Gasteiger partial charge in [0.15, 0.2) is 0 Å². The normalized spacial score (nSPS) is 19.7. The number of hydrogen-bond acceptors (Lipinski definition) is 4. The third-order valence-electron chi connectivity index (χ3n) is 7.29. The highest BCUT2D eigenvalue weighted by molar-refractivity contribution is 5.77. The maximum atomic E-state index is 14.8. The molecule has 0 spiro atoms. The van der Waals surface area contributed by atoms with Gasteiger partial charge in [-0.3, -0.25) is 4.79 Å². The third-order valence-corrected chi connectivity index (χ3v) is 7.29. The number of benzene rings is 2. The Balaban J connectivity index is 1.31. The average molecular weight is 476 g/mol. The van der Waals surface area contributed by atoms with Gasteiger partial charge in [0.1, 0.15) is 18.2 Å². The molecule has 0 unspecified atom stereocenters. The van der Waals surface area contributed by atoms with Crippen LogP contribution in [-0.2, 0) is 17.8 Å². The van der Waals surface area contributed by atoms with Crippen LogP contribution in [0.4, 0.5) is 4.39 Å². The van der Waals surface area contributed by atoms with Crippen LogP contribution >= 0.6 is 0 Å². The Morgan fingerprint density at radius 3 is 2.66 bits per heavy atom. The first-order valence-corrected chi connectivity index (χ1v) is 12.2. The summed E-state index contributed by atoms with van der Waals surface area (Å²) >= 11 is 0. The molecule has 1 fully saturated rings. The molecule has 0 bridgehead atoms. The predicted octanol–water partition coefficient (Wildman–Crippen LogP) is 6.23. The molecule has 3 atom stereocenters. The molecule has 0 aliphatic heterocycles. The molecule has 5 rings (SSSR count). The van der Waals surface area contributed by atoms with Crippen molar-refractivity contribution in [2.45, 2.75) is 52.6 Å². The number of fused-ring (bicyclic) bond motifs is 3. The summed E-state index contributed by atoms with van der Waals surface area (Å²) in [5.41, 5.74) is 6.49. The lowest BCUT2D eigenvalue weighted by Gasteiger charge is -2.15. The van der Waals surface area contributed by atoms with Crippen molar-refractivity contribution >= 4 is 5.97 Å². The summed E-state index contributed by atoms with van der Waals surface area (Å²) in [4.78, 5) is 15.7. The van der Waals surface area contributed by atoms with E-state index in [1.54, 1.807) is 12.3 Å². The number of pyridine rings is 1. The molecular weight excluding hydrogens is 445 g/mol. The number of hydrogen-bond donors (Lipinski definition) is 1. The van der Waals surface area contributed by atoms with Crippen molar-refractivity contribution < 1.29 is 23.8 Å². The van der Waals surface area contributed by atoms with Crippen molar-refractivity contribution in [1.29, 1.82) is 0 Å². The largest absolute Gasteiger partial charge is 0.494 e. The van der Waals surface area contributed by atoms with E-state index in [1.165, 1.54) is 0 Å². The zero-order valence-corrected chi connectivity index (χ0v) is 20.3. The van der Waals surface area contributed by atoms with Crippen LogP contribution in [0.15, 0.2) is 42.6 Å². The Hall–Kier alpha value is -3.41. The SMILES string of the molecule is CCCCOc1ccc(-c2cc(COc3cc4c(cn3)[C@H]3[C@@H](C4)[C@@H]3C(=O)O)c(F)cc2C)c(C)c1. The van der Waals surface area contributed by atoms with Crippen LogP contribution in [0, 0.1) is 31.5 Å². The molecule has 1 aromatic heterocycles. The molecule has 2 aliphatic carbocycles. The van der Waals surface area contributed by atoms with Crippen molar-refractivity contribution in [3.8, 4) is 22.8 Å². The summed E-state index contributed by atoms with van der Waals surface area (Å²) in [6, 6.07) is 11.3. The van der Waals surface area contributed by atoms with Crippen molar-refractivity contribution in [3.63, 3.8) is 0 Å². The molecule has 0 saturated heterocycles. The Kier molecular flexibility index (Phi) is 6.22. The third kappa shape index (κ3) is 4.49. The quantitative estimate of drug-likeness (QED) is 0.372. The molecule has 0 radical (unpaired) electrons. The fourth-order valence-corrected chi connectivity index (χ4v) is 5.32. The van der Waals surface area contributed by atoms with Gasteiger partial charge < -0.3 is 14.6 Å². The zero-order chi connectivity index (χ0) is 24.7. The number of aliphatic carboxylic acids is 1.